The summed E-state index contributed by atoms with van der Waals surface area (Å²) in [5.74, 6) is 0.261. The molecule has 0 amide bonds. The second kappa shape index (κ2) is 17.5. The van der Waals surface area contributed by atoms with Crippen LogP contribution in [0, 0.1) is 26.8 Å². The number of nitrogens with zero attached hydrogens (tertiary/aromatic N) is 13. The summed E-state index contributed by atoms with van der Waals surface area (Å²) in [6.45, 7) is 2.60. The summed E-state index contributed by atoms with van der Waals surface area (Å²) in [5, 5.41) is 17.6. The Morgan fingerprint density at radius 3 is 1.70 bits per heavy atom. The molecule has 0 unspecified atom stereocenters. The van der Waals surface area contributed by atoms with Gasteiger partial charge in [0.05, 0.1) is 53.7 Å². The van der Waals surface area contributed by atoms with Crippen LogP contribution in [-0.2, 0) is 4.74 Å². The average molecular weight is 1010 g/mol. The van der Waals surface area contributed by atoms with Gasteiger partial charge < -0.3 is 19.3 Å². The topological polar surface area (TPSA) is 134 Å². The van der Waals surface area contributed by atoms with E-state index in [0.29, 0.717) is 71.8 Å². The Labute approximate surface area is 387 Å². The van der Waals surface area contributed by atoms with Crippen molar-refractivity contribution in [3.05, 3.63) is 154 Å². The highest BCUT2D eigenvalue weighted by molar-refractivity contribution is 14.1. The van der Waals surface area contributed by atoms with Crippen LogP contribution in [0.2, 0.25) is 0 Å². The van der Waals surface area contributed by atoms with E-state index in [4.69, 9.17) is 19.4 Å². The van der Waals surface area contributed by atoms with E-state index in [0.717, 1.165) is 58.3 Å². The Hall–Kier alpha value is -6.94. The standard InChI is InChI=1S/C27H23F2N7O2.C19H15F2IN6/c28-19-4-5-22(29)21(10-19)23-2-1-8-34(23)25-7-9-35-27(33-25)24(13-32-35)36-14-18(12-31-36)17-3-6-26(30-11-17)38-20-15-37-16-20;20-12-3-4-15(21)14(8-12)16-2-1-6-26(16)18-5-7-27-19(25-18)17(10-24-27)28-11-13(22)9-23-28/h3-7,9-14,20,23H,1-2,8,15-16H2;3-5,7-11,16H,1-2,6H2/t23-;16-/m11/s1. The van der Waals surface area contributed by atoms with Crippen molar-refractivity contribution in [1.29, 1.82) is 0 Å². The van der Waals surface area contributed by atoms with Crippen LogP contribution < -0.4 is 14.5 Å². The Kier molecular flexibility index (Phi) is 11.0. The van der Waals surface area contributed by atoms with Gasteiger partial charge in [0.15, 0.2) is 11.3 Å². The maximum Gasteiger partial charge on any atom is 0.213 e. The molecule has 334 valence electrons. The number of fused-ring (bicyclic) bond motifs is 2. The van der Waals surface area contributed by atoms with Crippen molar-refractivity contribution < 1.29 is 27.0 Å². The second-order valence-electron chi connectivity index (χ2n) is 16.1. The van der Waals surface area contributed by atoms with Gasteiger partial charge in [0.1, 0.15) is 52.4 Å². The molecule has 7 aromatic heterocycles. The van der Waals surface area contributed by atoms with Crippen molar-refractivity contribution in [1.82, 2.24) is 53.7 Å². The van der Waals surface area contributed by atoms with Gasteiger partial charge in [-0.3, -0.25) is 0 Å². The number of halogens is 5. The summed E-state index contributed by atoms with van der Waals surface area (Å²) < 4.78 is 75.3. The first-order chi connectivity index (χ1) is 32.2. The third kappa shape index (κ3) is 8.07. The molecule has 2 atom stereocenters. The molecule has 0 spiro atoms. The van der Waals surface area contributed by atoms with Gasteiger partial charge in [0.25, 0.3) is 0 Å². The minimum absolute atomic E-state index is 0.0628. The largest absolute Gasteiger partial charge is 0.469 e. The van der Waals surface area contributed by atoms with Crippen molar-refractivity contribution in [2.45, 2.75) is 43.9 Å². The first-order valence-corrected chi connectivity index (χ1v) is 22.4. The maximum absolute atomic E-state index is 14.6. The molecule has 3 saturated heterocycles. The molecule has 3 fully saturated rings. The molecule has 20 heteroatoms. The Morgan fingerprint density at radius 2 is 1.18 bits per heavy atom. The molecule has 3 aliphatic heterocycles. The second-order valence-corrected chi connectivity index (χ2v) is 17.4. The van der Waals surface area contributed by atoms with Gasteiger partial charge in [-0.15, -0.1) is 0 Å². The summed E-state index contributed by atoms with van der Waals surface area (Å²) in [6.07, 6.45) is 19.4. The van der Waals surface area contributed by atoms with Crippen LogP contribution in [0.5, 0.6) is 5.88 Å². The Bertz CT molecular complexity index is 3210. The molecule has 2 aromatic carbocycles. The molecule has 0 N–H and O–H groups in total. The zero-order chi connectivity index (χ0) is 44.9. The minimum Gasteiger partial charge on any atom is -0.469 e. The van der Waals surface area contributed by atoms with Crippen molar-refractivity contribution in [2.75, 3.05) is 36.1 Å². The number of hydrogen-bond acceptors (Lipinski definition) is 11. The average Bonchev–Trinajstić information content (AvgIpc) is 4.18. The highest BCUT2D eigenvalue weighted by Crippen LogP contribution is 2.39. The van der Waals surface area contributed by atoms with Crippen molar-refractivity contribution in [3.8, 4) is 28.4 Å². The first kappa shape index (κ1) is 41.7. The lowest BCUT2D eigenvalue weighted by molar-refractivity contribution is -0.0813. The van der Waals surface area contributed by atoms with E-state index in [1.807, 2.05) is 58.9 Å². The lowest BCUT2D eigenvalue weighted by Gasteiger charge is -2.26. The molecule has 0 aliphatic carbocycles. The van der Waals surface area contributed by atoms with Crippen LogP contribution in [-0.4, -0.2) is 86.1 Å². The quantitative estimate of drug-likeness (QED) is 0.102. The third-order valence-corrected chi connectivity index (χ3v) is 12.5. The van der Waals surface area contributed by atoms with E-state index in [1.165, 1.54) is 24.3 Å². The lowest BCUT2D eigenvalue weighted by atomic mass is 10.0. The van der Waals surface area contributed by atoms with Crippen molar-refractivity contribution in [3.63, 3.8) is 0 Å². The van der Waals surface area contributed by atoms with Crippen molar-refractivity contribution in [2.24, 2.45) is 0 Å². The van der Waals surface area contributed by atoms with E-state index < -0.39 is 23.3 Å². The monoisotopic (exact) mass is 1010 g/mol. The van der Waals surface area contributed by atoms with Crippen LogP contribution in [0.25, 0.3) is 33.8 Å². The zero-order valence-corrected chi connectivity index (χ0v) is 37.0. The molecule has 0 bridgehead atoms. The summed E-state index contributed by atoms with van der Waals surface area (Å²) in [7, 11) is 0. The summed E-state index contributed by atoms with van der Waals surface area (Å²) >= 11 is 2.20. The number of ether oxygens (including phenoxy) is 2. The smallest absolute Gasteiger partial charge is 0.213 e. The van der Waals surface area contributed by atoms with Crippen molar-refractivity contribution >= 4 is 45.5 Å². The van der Waals surface area contributed by atoms with Gasteiger partial charge in [-0.25, -0.2) is 50.9 Å². The van der Waals surface area contributed by atoms with Crippen LogP contribution in [0.1, 0.15) is 48.9 Å². The maximum atomic E-state index is 14.6. The number of rotatable bonds is 9. The molecule has 3 aliphatic rings. The summed E-state index contributed by atoms with van der Waals surface area (Å²) in [6, 6.07) is 14.2. The number of benzene rings is 2. The van der Waals surface area contributed by atoms with Gasteiger partial charge in [0.2, 0.25) is 5.88 Å². The van der Waals surface area contributed by atoms with Crippen LogP contribution in [0.3, 0.4) is 0 Å². The van der Waals surface area contributed by atoms with E-state index in [1.54, 1.807) is 49.4 Å². The molecule has 0 radical (unpaired) electrons. The van der Waals surface area contributed by atoms with E-state index >= 15 is 0 Å². The Morgan fingerprint density at radius 1 is 0.606 bits per heavy atom. The van der Waals surface area contributed by atoms with Gasteiger partial charge in [-0.2, -0.15) is 20.4 Å². The van der Waals surface area contributed by atoms with Gasteiger partial charge >= 0.3 is 0 Å². The van der Waals surface area contributed by atoms with Gasteiger partial charge in [-0.05, 0) is 103 Å². The van der Waals surface area contributed by atoms with E-state index in [-0.39, 0.29) is 18.2 Å². The molecule has 10 heterocycles. The Balaban J connectivity index is 0.000000153. The van der Waals surface area contributed by atoms with Crippen LogP contribution >= 0.6 is 22.6 Å². The fraction of sp³-hybridized carbons (Fsp3) is 0.239. The number of hydrogen-bond donors (Lipinski definition) is 0. The normalized spacial score (nSPS) is 17.4. The summed E-state index contributed by atoms with van der Waals surface area (Å²) in [4.78, 5) is 18.1. The molecular weight excluding hydrogens is 969 g/mol. The van der Waals surface area contributed by atoms with Gasteiger partial charge in [0, 0.05) is 72.4 Å². The molecule has 12 rings (SSSR count). The summed E-state index contributed by atoms with van der Waals surface area (Å²) in [5.41, 5.74) is 5.22. The zero-order valence-electron chi connectivity index (χ0n) is 34.9. The predicted molar refractivity (Wildman–Crippen MR) is 243 cm³/mol. The van der Waals surface area contributed by atoms with Crippen LogP contribution in [0.4, 0.5) is 29.2 Å². The van der Waals surface area contributed by atoms with E-state index in [2.05, 4.69) is 48.0 Å². The first-order valence-electron chi connectivity index (χ1n) is 21.3. The highest BCUT2D eigenvalue weighted by Gasteiger charge is 2.32. The van der Waals surface area contributed by atoms with E-state index in [9.17, 15) is 17.6 Å². The lowest BCUT2D eigenvalue weighted by Crippen LogP contribution is -2.38. The fourth-order valence-electron chi connectivity index (χ4n) is 8.72. The number of pyridine rings is 1. The molecule has 15 nitrogen and oxygen atoms in total. The highest BCUT2D eigenvalue weighted by atomic mass is 127. The molecule has 0 saturated carbocycles. The molecular formula is C46H38F4IN13O2. The van der Waals surface area contributed by atoms with Crippen LogP contribution in [0.15, 0.2) is 116 Å². The predicted octanol–water partition coefficient (Wildman–Crippen LogP) is 8.51. The van der Waals surface area contributed by atoms with Gasteiger partial charge in [-0.1, -0.05) is 0 Å². The third-order valence-electron chi connectivity index (χ3n) is 12.0. The fourth-order valence-corrected chi connectivity index (χ4v) is 9.10. The molecule has 9 aromatic rings. The number of aromatic nitrogens is 11. The minimum atomic E-state index is -0.449. The SMILES string of the molecule is Fc1ccc(F)c([C@H]2CCCN2c2ccn3ncc(-n4cc(-c5ccc(OC6COC6)nc5)cn4)c3n2)c1.Fc1ccc(F)c([C@H]2CCCN2c2ccn3ncc(-n4cc(I)cn4)c3n2)c1. The molecule has 66 heavy (non-hydrogen) atoms. The number of anilines is 2.